The third-order valence-electron chi connectivity index (χ3n) is 3.30. The SMILES string of the molecule is CC(=O)Oc1cccc([C@@H](C)N2CCNCC2)c1.Cl.Cl. The fraction of sp³-hybridized carbons (Fsp3) is 0.500. The maximum absolute atomic E-state index is 11.0. The molecule has 0 aromatic heterocycles. The van der Waals surface area contributed by atoms with E-state index in [0.717, 1.165) is 26.2 Å². The van der Waals surface area contributed by atoms with Gasteiger partial charge in [-0.1, -0.05) is 12.1 Å². The summed E-state index contributed by atoms with van der Waals surface area (Å²) in [6.07, 6.45) is 0. The Balaban J connectivity index is 0.00000180. The Bertz CT molecular complexity index is 423. The number of carbonyl (C=O) groups excluding carboxylic acids is 1. The topological polar surface area (TPSA) is 41.6 Å². The lowest BCUT2D eigenvalue weighted by Gasteiger charge is -2.33. The normalized spacial score (nSPS) is 16.5. The molecule has 114 valence electrons. The molecule has 0 spiro atoms. The molecule has 0 saturated carbocycles. The largest absolute Gasteiger partial charge is 0.427 e. The molecule has 1 N–H and O–H groups in total. The van der Waals surface area contributed by atoms with Crippen molar-refractivity contribution in [3.05, 3.63) is 29.8 Å². The van der Waals surface area contributed by atoms with Crippen LogP contribution in [-0.4, -0.2) is 37.0 Å². The van der Waals surface area contributed by atoms with Gasteiger partial charge in [-0.25, -0.2) is 0 Å². The molecule has 1 heterocycles. The predicted octanol–water partition coefficient (Wildman–Crippen LogP) is 2.42. The third-order valence-corrected chi connectivity index (χ3v) is 3.30. The molecule has 0 radical (unpaired) electrons. The van der Waals surface area contributed by atoms with Gasteiger partial charge in [-0.15, -0.1) is 24.8 Å². The van der Waals surface area contributed by atoms with Crippen LogP contribution in [0.1, 0.15) is 25.5 Å². The van der Waals surface area contributed by atoms with Gasteiger partial charge in [0.1, 0.15) is 5.75 Å². The summed E-state index contributed by atoms with van der Waals surface area (Å²) in [6, 6.07) is 8.14. The first-order chi connectivity index (χ1) is 8.66. The van der Waals surface area contributed by atoms with Crippen LogP contribution in [0.25, 0.3) is 0 Å². The summed E-state index contributed by atoms with van der Waals surface area (Å²) < 4.78 is 5.12. The molecular weight excluding hydrogens is 299 g/mol. The lowest BCUT2D eigenvalue weighted by molar-refractivity contribution is -0.131. The minimum Gasteiger partial charge on any atom is -0.427 e. The van der Waals surface area contributed by atoms with Crippen molar-refractivity contribution in [2.24, 2.45) is 0 Å². The Kier molecular flexibility index (Phi) is 8.81. The highest BCUT2D eigenvalue weighted by Crippen LogP contribution is 2.24. The maximum Gasteiger partial charge on any atom is 0.308 e. The molecular formula is C14H22Cl2N2O2. The molecule has 0 unspecified atom stereocenters. The number of benzene rings is 1. The molecule has 0 amide bonds. The number of nitrogens with one attached hydrogen (secondary N) is 1. The van der Waals surface area contributed by atoms with Crippen LogP contribution < -0.4 is 10.1 Å². The molecule has 1 atom stereocenters. The van der Waals surface area contributed by atoms with Crippen LogP contribution in [0, 0.1) is 0 Å². The predicted molar refractivity (Wildman–Crippen MR) is 85.1 cm³/mol. The van der Waals surface area contributed by atoms with Gasteiger partial charge in [0.2, 0.25) is 0 Å². The molecule has 6 heteroatoms. The average Bonchev–Trinajstić information content (AvgIpc) is 2.38. The van der Waals surface area contributed by atoms with Crippen LogP contribution in [0.2, 0.25) is 0 Å². The Morgan fingerprint density at radius 1 is 1.30 bits per heavy atom. The van der Waals surface area contributed by atoms with E-state index >= 15 is 0 Å². The fourth-order valence-electron chi connectivity index (χ4n) is 2.28. The first-order valence-corrected chi connectivity index (χ1v) is 6.40. The number of carbonyl (C=O) groups is 1. The van der Waals surface area contributed by atoms with Crippen molar-refractivity contribution in [2.75, 3.05) is 26.2 Å². The summed E-state index contributed by atoms with van der Waals surface area (Å²) in [5.41, 5.74) is 1.19. The van der Waals surface area contributed by atoms with E-state index in [1.54, 1.807) is 0 Å². The van der Waals surface area contributed by atoms with Gasteiger partial charge in [-0.05, 0) is 24.6 Å². The van der Waals surface area contributed by atoms with Crippen molar-refractivity contribution in [1.82, 2.24) is 10.2 Å². The van der Waals surface area contributed by atoms with E-state index in [-0.39, 0.29) is 30.8 Å². The van der Waals surface area contributed by atoms with Crippen LogP contribution in [0.3, 0.4) is 0 Å². The number of hydrogen-bond donors (Lipinski definition) is 1. The van der Waals surface area contributed by atoms with Crippen LogP contribution in [0.15, 0.2) is 24.3 Å². The molecule has 20 heavy (non-hydrogen) atoms. The average molecular weight is 321 g/mol. The molecule has 4 nitrogen and oxygen atoms in total. The summed E-state index contributed by atoms with van der Waals surface area (Å²) in [7, 11) is 0. The third kappa shape index (κ3) is 5.29. The van der Waals surface area contributed by atoms with Crippen LogP contribution in [-0.2, 0) is 4.79 Å². The second-order valence-corrected chi connectivity index (χ2v) is 4.63. The summed E-state index contributed by atoms with van der Waals surface area (Å²) in [4.78, 5) is 13.4. The van der Waals surface area contributed by atoms with Crippen LogP contribution in [0.5, 0.6) is 5.75 Å². The fourth-order valence-corrected chi connectivity index (χ4v) is 2.28. The highest BCUT2D eigenvalue weighted by atomic mass is 35.5. The molecule has 2 rings (SSSR count). The number of halogens is 2. The zero-order valence-corrected chi connectivity index (χ0v) is 13.4. The minimum absolute atomic E-state index is 0. The van der Waals surface area contributed by atoms with Crippen molar-refractivity contribution >= 4 is 30.8 Å². The van der Waals surface area contributed by atoms with E-state index in [9.17, 15) is 4.79 Å². The molecule has 1 fully saturated rings. The zero-order valence-electron chi connectivity index (χ0n) is 11.8. The molecule has 1 aromatic rings. The van der Waals surface area contributed by atoms with Gasteiger partial charge in [0.05, 0.1) is 0 Å². The van der Waals surface area contributed by atoms with E-state index in [2.05, 4.69) is 23.2 Å². The van der Waals surface area contributed by atoms with Crippen LogP contribution in [0.4, 0.5) is 0 Å². The van der Waals surface area contributed by atoms with Gasteiger partial charge in [0.15, 0.2) is 0 Å². The first-order valence-electron chi connectivity index (χ1n) is 6.40. The minimum atomic E-state index is -0.276. The second kappa shape index (κ2) is 9.19. The van der Waals surface area contributed by atoms with Gasteiger partial charge in [0, 0.05) is 39.1 Å². The summed E-state index contributed by atoms with van der Waals surface area (Å²) in [5, 5.41) is 3.35. The quantitative estimate of drug-likeness (QED) is 0.686. The molecule has 0 aliphatic carbocycles. The Hall–Kier alpha value is -0.810. The smallest absolute Gasteiger partial charge is 0.308 e. The number of nitrogens with zero attached hydrogens (tertiary/aromatic N) is 1. The van der Waals surface area contributed by atoms with Crippen molar-refractivity contribution in [2.45, 2.75) is 19.9 Å². The highest BCUT2D eigenvalue weighted by molar-refractivity contribution is 5.85. The van der Waals surface area contributed by atoms with E-state index in [4.69, 9.17) is 4.74 Å². The van der Waals surface area contributed by atoms with Crippen molar-refractivity contribution in [1.29, 1.82) is 0 Å². The summed E-state index contributed by atoms with van der Waals surface area (Å²) in [5.74, 6) is 0.351. The van der Waals surface area contributed by atoms with E-state index in [0.29, 0.717) is 11.8 Å². The Morgan fingerprint density at radius 2 is 1.95 bits per heavy atom. The first kappa shape index (κ1) is 19.2. The summed E-state index contributed by atoms with van der Waals surface area (Å²) in [6.45, 7) is 7.80. The van der Waals surface area contributed by atoms with Crippen molar-refractivity contribution in [3.63, 3.8) is 0 Å². The van der Waals surface area contributed by atoms with Gasteiger partial charge >= 0.3 is 5.97 Å². The number of rotatable bonds is 3. The van der Waals surface area contributed by atoms with E-state index in [1.807, 2.05) is 18.2 Å². The molecule has 1 aliphatic heterocycles. The standard InChI is InChI=1S/C14H20N2O2.2ClH/c1-11(16-8-6-15-7-9-16)13-4-3-5-14(10-13)18-12(2)17;;/h3-5,10-11,15H,6-9H2,1-2H3;2*1H/t11-;;/m1../s1. The number of hydrogen-bond acceptors (Lipinski definition) is 4. The van der Waals surface area contributed by atoms with Crippen molar-refractivity contribution < 1.29 is 9.53 Å². The molecule has 0 bridgehead atoms. The molecule has 1 aliphatic rings. The molecule has 1 aromatic carbocycles. The summed E-state index contributed by atoms with van der Waals surface area (Å²) >= 11 is 0. The number of esters is 1. The van der Waals surface area contributed by atoms with Gasteiger partial charge in [0.25, 0.3) is 0 Å². The van der Waals surface area contributed by atoms with Gasteiger partial charge < -0.3 is 10.1 Å². The lowest BCUT2D eigenvalue weighted by atomic mass is 10.1. The van der Waals surface area contributed by atoms with E-state index < -0.39 is 0 Å². The monoisotopic (exact) mass is 320 g/mol. The van der Waals surface area contributed by atoms with Gasteiger partial charge in [-0.3, -0.25) is 9.69 Å². The van der Waals surface area contributed by atoms with Gasteiger partial charge in [-0.2, -0.15) is 0 Å². The Morgan fingerprint density at radius 3 is 2.55 bits per heavy atom. The molecule has 1 saturated heterocycles. The number of ether oxygens (including phenoxy) is 1. The lowest BCUT2D eigenvalue weighted by Crippen LogP contribution is -2.44. The van der Waals surface area contributed by atoms with Crippen molar-refractivity contribution in [3.8, 4) is 5.75 Å². The number of piperazine rings is 1. The highest BCUT2D eigenvalue weighted by Gasteiger charge is 2.18. The Labute approximate surface area is 132 Å². The maximum atomic E-state index is 11.0. The second-order valence-electron chi connectivity index (χ2n) is 4.63. The van der Waals surface area contributed by atoms with E-state index in [1.165, 1.54) is 12.5 Å². The zero-order chi connectivity index (χ0) is 13.0. The van der Waals surface area contributed by atoms with Crippen LogP contribution >= 0.6 is 24.8 Å².